The second kappa shape index (κ2) is 8.71. The molecule has 25 heavy (non-hydrogen) atoms. The van der Waals surface area contributed by atoms with Crippen LogP contribution in [0.1, 0.15) is 0 Å². The van der Waals surface area contributed by atoms with E-state index < -0.39 is 11.9 Å². The van der Waals surface area contributed by atoms with E-state index >= 15 is 0 Å². The van der Waals surface area contributed by atoms with E-state index in [0.29, 0.717) is 6.61 Å². The number of hydrogen-bond donors (Lipinski definition) is 1. The molecule has 1 N–H and O–H groups in total. The van der Waals surface area contributed by atoms with Crippen LogP contribution in [-0.4, -0.2) is 54.8 Å². The van der Waals surface area contributed by atoms with E-state index in [0.717, 1.165) is 6.07 Å². The van der Waals surface area contributed by atoms with Crippen molar-refractivity contribution in [2.24, 2.45) is 0 Å². The second-order valence-electron chi connectivity index (χ2n) is 4.72. The van der Waals surface area contributed by atoms with Gasteiger partial charge in [0.15, 0.2) is 5.11 Å². The molecule has 0 atom stereocenters. The lowest BCUT2D eigenvalue weighted by Gasteiger charge is -2.38. The number of methoxy groups -OCH3 is 1. The van der Waals surface area contributed by atoms with Crippen LogP contribution in [0, 0.1) is 18.2 Å². The van der Waals surface area contributed by atoms with Crippen molar-refractivity contribution in [3.05, 3.63) is 23.0 Å². The van der Waals surface area contributed by atoms with E-state index in [2.05, 4.69) is 11.2 Å². The molecule has 1 saturated heterocycles. The molecule has 1 aliphatic heterocycles. The summed E-state index contributed by atoms with van der Waals surface area (Å²) in [4.78, 5) is 11.8. The number of anilines is 1. The van der Waals surface area contributed by atoms with Crippen LogP contribution in [0.25, 0.3) is 0 Å². The summed E-state index contributed by atoms with van der Waals surface area (Å²) >= 11 is 11.1. The summed E-state index contributed by atoms with van der Waals surface area (Å²) in [7, 11) is 1.25. The number of carbonyl (C=O) groups excluding carboxylic acids is 1. The Morgan fingerprint density at radius 1 is 1.56 bits per heavy atom. The third-order valence-corrected chi connectivity index (χ3v) is 3.75. The monoisotopic (exact) mass is 387 g/mol. The number of thiocarbonyl (C=S) groups is 1. The Kier molecular flexibility index (Phi) is 6.64. The Balaban J connectivity index is 2.18. The summed E-state index contributed by atoms with van der Waals surface area (Å²) in [6.45, 7) is 0.559. The Labute approximate surface area is 154 Å². The first-order valence-corrected chi connectivity index (χ1v) is 7.83. The number of hydrazine groups is 1. The number of nitrogens with one attached hydrogen (secondary N) is 1. The number of amides is 1. The zero-order valence-corrected chi connectivity index (χ0v) is 14.8. The number of rotatable bonds is 3. The molecule has 1 aliphatic rings. The van der Waals surface area contributed by atoms with Crippen LogP contribution < -0.4 is 10.1 Å². The second-order valence-corrected chi connectivity index (χ2v) is 5.51. The zero-order chi connectivity index (χ0) is 18.4. The average Bonchev–Trinajstić information content (AvgIpc) is 2.62. The van der Waals surface area contributed by atoms with E-state index in [1.54, 1.807) is 0 Å². The van der Waals surface area contributed by atoms with Gasteiger partial charge in [0.2, 0.25) is 0 Å². The first-order chi connectivity index (χ1) is 12.0. The van der Waals surface area contributed by atoms with Gasteiger partial charge in [-0.05, 0) is 18.3 Å². The van der Waals surface area contributed by atoms with Crippen molar-refractivity contribution in [2.75, 3.05) is 38.9 Å². The number of hydrogen-bond acceptors (Lipinski definition) is 5. The minimum absolute atomic E-state index is 0.0105. The molecule has 1 amide bonds. The molecule has 7 nitrogen and oxygen atoms in total. The number of ether oxygens (including phenoxy) is 3. The Bertz CT molecular complexity index is 713. The van der Waals surface area contributed by atoms with Gasteiger partial charge in [0.05, 0.1) is 31.0 Å². The smallest absolute Gasteiger partial charge is 0.428 e. The predicted molar refractivity (Wildman–Crippen MR) is 93.7 cm³/mol. The van der Waals surface area contributed by atoms with Gasteiger partial charge in [-0.15, -0.1) is 6.42 Å². The normalized spacial score (nSPS) is 13.8. The molecular weight excluding hydrogens is 373 g/mol. The van der Waals surface area contributed by atoms with Crippen LogP contribution in [0.5, 0.6) is 5.75 Å². The maximum Gasteiger partial charge on any atom is 0.428 e. The molecule has 1 heterocycles. The fraction of sp³-hybridized carbons (Fsp3) is 0.333. The van der Waals surface area contributed by atoms with Crippen LogP contribution in [0.3, 0.4) is 0 Å². The standard InChI is InChI=1S/C15H15ClFN3O4S/c1-3-5-24-13-8-12(11(17)7-10(13)16)18-14(25)20-9-23-6-4-19(20)15(21)22-2/h1,7-8H,4-6,9H2,2H3,(H,18,25). The highest BCUT2D eigenvalue weighted by atomic mass is 35.5. The van der Waals surface area contributed by atoms with Gasteiger partial charge in [-0.1, -0.05) is 17.5 Å². The molecule has 1 fully saturated rings. The molecule has 2 rings (SSSR count). The van der Waals surface area contributed by atoms with Gasteiger partial charge in [0.25, 0.3) is 0 Å². The molecule has 1 aromatic rings. The average molecular weight is 388 g/mol. The summed E-state index contributed by atoms with van der Waals surface area (Å²) < 4.78 is 29.4. The molecule has 0 aliphatic carbocycles. The highest BCUT2D eigenvalue weighted by Crippen LogP contribution is 2.30. The third-order valence-electron chi connectivity index (χ3n) is 3.15. The zero-order valence-electron chi connectivity index (χ0n) is 13.3. The van der Waals surface area contributed by atoms with Crippen LogP contribution >= 0.6 is 23.8 Å². The number of benzene rings is 1. The summed E-state index contributed by atoms with van der Waals surface area (Å²) in [5.41, 5.74) is 0.0109. The lowest BCUT2D eigenvalue weighted by Crippen LogP contribution is -2.56. The predicted octanol–water partition coefficient (Wildman–Crippen LogP) is 2.46. The lowest BCUT2D eigenvalue weighted by atomic mass is 10.3. The van der Waals surface area contributed by atoms with Crippen molar-refractivity contribution in [2.45, 2.75) is 0 Å². The topological polar surface area (TPSA) is 63.3 Å². The van der Waals surface area contributed by atoms with E-state index in [4.69, 9.17) is 44.5 Å². The molecule has 10 heteroatoms. The fourth-order valence-corrected chi connectivity index (χ4v) is 2.46. The van der Waals surface area contributed by atoms with Crippen LogP contribution in [0.15, 0.2) is 12.1 Å². The molecule has 1 aromatic carbocycles. The van der Waals surface area contributed by atoms with E-state index in [9.17, 15) is 9.18 Å². The van der Waals surface area contributed by atoms with Crippen LogP contribution in [-0.2, 0) is 9.47 Å². The van der Waals surface area contributed by atoms with Gasteiger partial charge in [0, 0.05) is 6.07 Å². The minimum Gasteiger partial charge on any atom is -0.479 e. The third kappa shape index (κ3) is 4.63. The van der Waals surface area contributed by atoms with Crippen molar-refractivity contribution >= 4 is 40.7 Å². The quantitative estimate of drug-likeness (QED) is 0.631. The molecule has 134 valence electrons. The Morgan fingerprint density at radius 3 is 3.00 bits per heavy atom. The maximum absolute atomic E-state index is 14.1. The maximum atomic E-state index is 14.1. The first kappa shape index (κ1) is 19.1. The SMILES string of the molecule is C#CCOc1cc(NC(=S)N2COCCN2C(=O)OC)c(F)cc1Cl. The van der Waals surface area contributed by atoms with Gasteiger partial charge in [-0.25, -0.2) is 19.2 Å². The van der Waals surface area contributed by atoms with Crippen molar-refractivity contribution in [1.82, 2.24) is 10.0 Å². The molecular formula is C15H15ClFN3O4S. The van der Waals surface area contributed by atoms with Gasteiger partial charge >= 0.3 is 6.09 Å². The highest BCUT2D eigenvalue weighted by molar-refractivity contribution is 7.80. The number of nitrogens with zero attached hydrogens (tertiary/aromatic N) is 2. The molecule has 0 saturated carbocycles. The van der Waals surface area contributed by atoms with Crippen molar-refractivity contribution in [1.29, 1.82) is 0 Å². The Morgan fingerprint density at radius 2 is 2.32 bits per heavy atom. The summed E-state index contributed by atoms with van der Waals surface area (Å²) in [6, 6.07) is 2.40. The largest absolute Gasteiger partial charge is 0.479 e. The van der Waals surface area contributed by atoms with Gasteiger partial charge in [-0.2, -0.15) is 0 Å². The summed E-state index contributed by atoms with van der Waals surface area (Å²) in [6.07, 6.45) is 4.52. The molecule has 0 unspecified atom stereocenters. The van der Waals surface area contributed by atoms with Crippen molar-refractivity contribution < 1.29 is 23.4 Å². The fourth-order valence-electron chi connectivity index (χ4n) is 1.99. The number of terminal acetylenes is 1. The van der Waals surface area contributed by atoms with Crippen molar-refractivity contribution in [3.8, 4) is 18.1 Å². The highest BCUT2D eigenvalue weighted by Gasteiger charge is 2.28. The van der Waals surface area contributed by atoms with Crippen LogP contribution in [0.4, 0.5) is 14.9 Å². The summed E-state index contributed by atoms with van der Waals surface area (Å²) in [5.74, 6) is 1.84. The lowest BCUT2D eigenvalue weighted by molar-refractivity contribution is -0.0963. The molecule has 0 radical (unpaired) electrons. The number of halogens is 2. The van der Waals surface area contributed by atoms with E-state index in [1.165, 1.54) is 23.2 Å². The van der Waals surface area contributed by atoms with Gasteiger partial charge < -0.3 is 19.5 Å². The number of carbonyl (C=O) groups is 1. The molecule has 0 spiro atoms. The van der Waals surface area contributed by atoms with Gasteiger partial charge in [-0.3, -0.25) is 0 Å². The van der Waals surface area contributed by atoms with Crippen LogP contribution in [0.2, 0.25) is 5.02 Å². The summed E-state index contributed by atoms with van der Waals surface area (Å²) in [5, 5.41) is 5.38. The Hall–Kier alpha value is -2.28. The molecule has 0 bridgehead atoms. The van der Waals surface area contributed by atoms with Crippen molar-refractivity contribution in [3.63, 3.8) is 0 Å². The first-order valence-electron chi connectivity index (χ1n) is 7.05. The van der Waals surface area contributed by atoms with E-state index in [-0.39, 0.29) is 41.5 Å². The molecule has 0 aromatic heterocycles. The van der Waals surface area contributed by atoms with Gasteiger partial charge in [0.1, 0.15) is 24.9 Å². The minimum atomic E-state index is -0.650. The van der Waals surface area contributed by atoms with E-state index in [1.807, 2.05) is 0 Å².